The van der Waals surface area contributed by atoms with Gasteiger partial charge in [0.05, 0.1) is 6.61 Å². The summed E-state index contributed by atoms with van der Waals surface area (Å²) in [6, 6.07) is 6.91. The molecule has 1 N–H and O–H groups in total. The van der Waals surface area contributed by atoms with E-state index in [4.69, 9.17) is 4.74 Å². The topological polar surface area (TPSA) is 21.3 Å². The van der Waals surface area contributed by atoms with Crippen molar-refractivity contribution in [2.24, 2.45) is 11.3 Å². The molecule has 0 fully saturated rings. The van der Waals surface area contributed by atoms with Crippen molar-refractivity contribution in [3.8, 4) is 0 Å². The molecule has 0 amide bonds. The van der Waals surface area contributed by atoms with Crippen LogP contribution in [0.2, 0.25) is 0 Å². The van der Waals surface area contributed by atoms with Gasteiger partial charge in [0.2, 0.25) is 0 Å². The second-order valence-corrected chi connectivity index (χ2v) is 5.79. The molecule has 0 bridgehead atoms. The van der Waals surface area contributed by atoms with E-state index in [9.17, 15) is 4.39 Å². The standard InChI is InChI=1S/C16H26FNO/c1-13(2)16(3,12-18-8-9-19-4)11-14-6-5-7-15(17)10-14/h5-7,10,13,18H,8-9,11-12H2,1-4H3. The Bertz CT molecular complexity index is 381. The first kappa shape index (κ1) is 16.1. The van der Waals surface area contributed by atoms with Crippen molar-refractivity contribution < 1.29 is 9.13 Å². The molecule has 0 aliphatic rings. The summed E-state index contributed by atoms with van der Waals surface area (Å²) in [5.41, 5.74) is 1.17. The van der Waals surface area contributed by atoms with Crippen molar-refractivity contribution in [3.05, 3.63) is 35.6 Å². The van der Waals surface area contributed by atoms with Crippen LogP contribution in [0.3, 0.4) is 0 Å². The van der Waals surface area contributed by atoms with Crippen LogP contribution in [0.5, 0.6) is 0 Å². The van der Waals surface area contributed by atoms with E-state index in [1.165, 1.54) is 6.07 Å². The molecule has 2 nitrogen and oxygen atoms in total. The summed E-state index contributed by atoms with van der Waals surface area (Å²) in [6.07, 6.45) is 0.877. The Morgan fingerprint density at radius 2 is 2.11 bits per heavy atom. The lowest BCUT2D eigenvalue weighted by atomic mass is 9.74. The van der Waals surface area contributed by atoms with Crippen LogP contribution in [0.1, 0.15) is 26.3 Å². The van der Waals surface area contributed by atoms with E-state index in [0.717, 1.165) is 25.1 Å². The number of rotatable bonds is 8. The number of hydrogen-bond donors (Lipinski definition) is 1. The predicted octanol–water partition coefficient (Wildman–Crippen LogP) is 3.27. The average molecular weight is 267 g/mol. The highest BCUT2D eigenvalue weighted by Crippen LogP contribution is 2.30. The van der Waals surface area contributed by atoms with Gasteiger partial charge in [0.25, 0.3) is 0 Å². The second-order valence-electron chi connectivity index (χ2n) is 5.79. The summed E-state index contributed by atoms with van der Waals surface area (Å²) in [5.74, 6) is 0.363. The van der Waals surface area contributed by atoms with Crippen LogP contribution in [-0.2, 0) is 11.2 Å². The largest absolute Gasteiger partial charge is 0.383 e. The molecule has 19 heavy (non-hydrogen) atoms. The molecule has 1 rings (SSSR count). The summed E-state index contributed by atoms with van der Waals surface area (Å²) >= 11 is 0. The predicted molar refractivity (Wildman–Crippen MR) is 77.8 cm³/mol. The van der Waals surface area contributed by atoms with Gasteiger partial charge in [-0.25, -0.2) is 4.39 Å². The molecule has 0 aliphatic carbocycles. The van der Waals surface area contributed by atoms with Crippen LogP contribution in [0.4, 0.5) is 4.39 Å². The Balaban J connectivity index is 2.65. The van der Waals surface area contributed by atoms with Gasteiger partial charge in [0.1, 0.15) is 5.82 Å². The zero-order chi connectivity index (χ0) is 14.3. The van der Waals surface area contributed by atoms with Crippen LogP contribution in [0.15, 0.2) is 24.3 Å². The molecule has 108 valence electrons. The molecule has 3 heteroatoms. The number of ether oxygens (including phenoxy) is 1. The zero-order valence-corrected chi connectivity index (χ0v) is 12.5. The van der Waals surface area contributed by atoms with Crippen LogP contribution in [0, 0.1) is 17.2 Å². The van der Waals surface area contributed by atoms with Gasteiger partial charge in [-0.1, -0.05) is 32.9 Å². The SMILES string of the molecule is COCCNCC(C)(Cc1cccc(F)c1)C(C)C. The van der Waals surface area contributed by atoms with Gasteiger partial charge >= 0.3 is 0 Å². The molecule has 1 aromatic rings. The van der Waals surface area contributed by atoms with Gasteiger partial charge in [0, 0.05) is 20.2 Å². The van der Waals surface area contributed by atoms with Crippen molar-refractivity contribution in [3.63, 3.8) is 0 Å². The average Bonchev–Trinajstić information content (AvgIpc) is 2.34. The fraction of sp³-hybridized carbons (Fsp3) is 0.625. The van der Waals surface area contributed by atoms with Crippen molar-refractivity contribution in [1.29, 1.82) is 0 Å². The molecule has 0 aromatic heterocycles. The van der Waals surface area contributed by atoms with E-state index in [-0.39, 0.29) is 11.2 Å². The maximum atomic E-state index is 13.3. The maximum Gasteiger partial charge on any atom is 0.123 e. The van der Waals surface area contributed by atoms with Crippen molar-refractivity contribution >= 4 is 0 Å². The lowest BCUT2D eigenvalue weighted by molar-refractivity contribution is 0.175. The molecule has 0 spiro atoms. The Morgan fingerprint density at radius 3 is 2.68 bits per heavy atom. The summed E-state index contributed by atoms with van der Waals surface area (Å²) in [7, 11) is 1.70. The van der Waals surface area contributed by atoms with Crippen LogP contribution < -0.4 is 5.32 Å². The summed E-state index contributed by atoms with van der Waals surface area (Å²) in [5, 5.41) is 3.42. The highest BCUT2D eigenvalue weighted by molar-refractivity contribution is 5.18. The Hall–Kier alpha value is -0.930. The van der Waals surface area contributed by atoms with Gasteiger partial charge in [-0.05, 0) is 35.4 Å². The normalized spacial score (nSPS) is 14.6. The van der Waals surface area contributed by atoms with E-state index in [0.29, 0.717) is 12.5 Å². The van der Waals surface area contributed by atoms with Gasteiger partial charge in [-0.2, -0.15) is 0 Å². The first-order chi connectivity index (χ1) is 8.98. The quantitative estimate of drug-likeness (QED) is 0.730. The highest BCUT2D eigenvalue weighted by Gasteiger charge is 2.28. The van der Waals surface area contributed by atoms with E-state index in [1.54, 1.807) is 19.2 Å². The smallest absolute Gasteiger partial charge is 0.123 e. The Kier molecular flexibility index (Phi) is 6.46. The third-order valence-electron chi connectivity index (χ3n) is 3.90. The van der Waals surface area contributed by atoms with Crippen LogP contribution in [0.25, 0.3) is 0 Å². The fourth-order valence-electron chi connectivity index (χ4n) is 2.13. The second kappa shape index (κ2) is 7.61. The molecule has 0 saturated carbocycles. The number of halogens is 1. The molecule has 0 radical (unpaired) electrons. The van der Waals surface area contributed by atoms with Gasteiger partial charge in [-0.15, -0.1) is 0 Å². The number of benzene rings is 1. The Labute approximate surface area is 116 Å². The first-order valence-corrected chi connectivity index (χ1v) is 6.92. The maximum absolute atomic E-state index is 13.3. The minimum atomic E-state index is -0.157. The molecular weight excluding hydrogens is 241 g/mol. The zero-order valence-electron chi connectivity index (χ0n) is 12.5. The molecule has 1 unspecified atom stereocenters. The fourth-order valence-corrected chi connectivity index (χ4v) is 2.13. The minimum absolute atomic E-state index is 0.113. The minimum Gasteiger partial charge on any atom is -0.383 e. The van der Waals surface area contributed by atoms with Crippen molar-refractivity contribution in [2.45, 2.75) is 27.2 Å². The monoisotopic (exact) mass is 267 g/mol. The molecule has 1 aromatic carbocycles. The number of hydrogen-bond acceptors (Lipinski definition) is 2. The molecular formula is C16H26FNO. The summed E-state index contributed by atoms with van der Waals surface area (Å²) in [6.45, 7) is 9.16. The van der Waals surface area contributed by atoms with E-state index in [2.05, 4.69) is 26.1 Å². The summed E-state index contributed by atoms with van der Waals surface area (Å²) < 4.78 is 18.3. The van der Waals surface area contributed by atoms with Gasteiger partial charge in [-0.3, -0.25) is 0 Å². The highest BCUT2D eigenvalue weighted by atomic mass is 19.1. The number of nitrogens with one attached hydrogen (secondary N) is 1. The van der Waals surface area contributed by atoms with E-state index < -0.39 is 0 Å². The summed E-state index contributed by atoms with van der Waals surface area (Å²) in [4.78, 5) is 0. The van der Waals surface area contributed by atoms with Crippen molar-refractivity contribution in [2.75, 3.05) is 26.8 Å². The lowest BCUT2D eigenvalue weighted by Crippen LogP contribution is -2.39. The molecule has 0 saturated heterocycles. The van der Waals surface area contributed by atoms with E-state index >= 15 is 0 Å². The number of methoxy groups -OCH3 is 1. The lowest BCUT2D eigenvalue weighted by Gasteiger charge is -2.34. The molecule has 0 heterocycles. The Morgan fingerprint density at radius 1 is 1.37 bits per heavy atom. The van der Waals surface area contributed by atoms with Crippen LogP contribution >= 0.6 is 0 Å². The third-order valence-corrected chi connectivity index (χ3v) is 3.90. The third kappa shape index (κ3) is 5.29. The van der Waals surface area contributed by atoms with Gasteiger partial charge < -0.3 is 10.1 Å². The van der Waals surface area contributed by atoms with E-state index in [1.807, 2.05) is 6.07 Å². The van der Waals surface area contributed by atoms with Crippen molar-refractivity contribution in [1.82, 2.24) is 5.32 Å². The molecule has 0 aliphatic heterocycles. The molecule has 1 atom stereocenters. The van der Waals surface area contributed by atoms with Crippen LogP contribution in [-0.4, -0.2) is 26.8 Å². The van der Waals surface area contributed by atoms with Gasteiger partial charge in [0.15, 0.2) is 0 Å². The first-order valence-electron chi connectivity index (χ1n) is 6.92.